The maximum Gasteiger partial charge on any atom is 0.338 e. The molecule has 4 atom stereocenters. The number of aliphatic hydroxyl groups excluding tert-OH is 4. The van der Waals surface area contributed by atoms with E-state index in [2.05, 4.69) is 0 Å². The first-order valence-corrected chi connectivity index (χ1v) is 8.56. The fourth-order valence-corrected chi connectivity index (χ4v) is 2.29. The fraction of sp³-hybridized carbons (Fsp3) is 0.300. The number of aliphatic hydroxyl groups is 4. The molecule has 0 aliphatic heterocycles. The molecule has 0 heterocycles. The highest BCUT2D eigenvalue weighted by molar-refractivity contribution is 5.89. The third-order valence-corrected chi connectivity index (χ3v) is 3.93. The number of benzene rings is 2. The van der Waals surface area contributed by atoms with E-state index in [9.17, 15) is 30.0 Å². The van der Waals surface area contributed by atoms with Gasteiger partial charge in [-0.05, 0) is 24.3 Å². The number of rotatable bonds is 9. The Kier molecular flexibility index (Phi) is 8.09. The van der Waals surface area contributed by atoms with E-state index in [-0.39, 0.29) is 11.1 Å². The van der Waals surface area contributed by atoms with Crippen molar-refractivity contribution in [2.45, 2.75) is 24.4 Å². The van der Waals surface area contributed by atoms with Gasteiger partial charge in [0.2, 0.25) is 0 Å². The van der Waals surface area contributed by atoms with Gasteiger partial charge in [-0.25, -0.2) is 9.59 Å². The van der Waals surface area contributed by atoms with E-state index < -0.39 is 49.6 Å². The molecule has 0 amide bonds. The first-order chi connectivity index (χ1) is 13.4. The molecule has 0 saturated carbocycles. The minimum Gasteiger partial charge on any atom is -0.459 e. The van der Waals surface area contributed by atoms with Crippen LogP contribution in [0.4, 0.5) is 0 Å². The normalized spacial score (nSPS) is 15.1. The van der Waals surface area contributed by atoms with Gasteiger partial charge in [0.15, 0.2) is 0 Å². The first-order valence-electron chi connectivity index (χ1n) is 8.56. The van der Waals surface area contributed by atoms with Crippen LogP contribution < -0.4 is 0 Å². The van der Waals surface area contributed by atoms with Crippen molar-refractivity contribution >= 4 is 11.9 Å². The lowest BCUT2D eigenvalue weighted by Gasteiger charge is -2.26. The van der Waals surface area contributed by atoms with Gasteiger partial charge in [0.1, 0.15) is 37.6 Å². The Bertz CT molecular complexity index is 684. The van der Waals surface area contributed by atoms with Gasteiger partial charge in [0.25, 0.3) is 0 Å². The predicted molar refractivity (Wildman–Crippen MR) is 97.5 cm³/mol. The molecule has 28 heavy (non-hydrogen) atoms. The Balaban J connectivity index is 1.79. The lowest BCUT2D eigenvalue weighted by molar-refractivity contribution is -0.125. The summed E-state index contributed by atoms with van der Waals surface area (Å²) in [7, 11) is 0. The molecule has 8 heteroatoms. The zero-order chi connectivity index (χ0) is 20.5. The second-order valence-electron chi connectivity index (χ2n) is 6.04. The Labute approximate surface area is 161 Å². The lowest BCUT2D eigenvalue weighted by atomic mass is 10.0. The second-order valence-corrected chi connectivity index (χ2v) is 6.04. The minimum absolute atomic E-state index is 0.262. The number of carbonyl (C=O) groups excluding carboxylic acids is 2. The highest BCUT2D eigenvalue weighted by Crippen LogP contribution is 2.09. The van der Waals surface area contributed by atoms with Crippen molar-refractivity contribution in [3.05, 3.63) is 71.8 Å². The van der Waals surface area contributed by atoms with Crippen LogP contribution in [-0.2, 0) is 9.47 Å². The Hall–Kier alpha value is -2.78. The van der Waals surface area contributed by atoms with Crippen molar-refractivity contribution in [2.24, 2.45) is 0 Å². The standard InChI is InChI=1S/C20H22O8/c21-15(11-27-19(25)13-7-3-1-4-8-13)17(23)18(24)16(22)12-28-20(26)14-9-5-2-6-10-14/h1-10,15-18,21-24H,11-12H2/t15-,16-,17-,18-/m1/s1. The molecule has 150 valence electrons. The molecule has 0 spiro atoms. The molecular weight excluding hydrogens is 368 g/mol. The largest absolute Gasteiger partial charge is 0.459 e. The molecule has 0 aliphatic carbocycles. The van der Waals surface area contributed by atoms with Crippen molar-refractivity contribution in [1.82, 2.24) is 0 Å². The lowest BCUT2D eigenvalue weighted by Crippen LogP contribution is -2.48. The third kappa shape index (κ3) is 6.14. The van der Waals surface area contributed by atoms with Gasteiger partial charge in [-0.15, -0.1) is 0 Å². The zero-order valence-corrected chi connectivity index (χ0v) is 14.9. The van der Waals surface area contributed by atoms with Gasteiger partial charge in [0.05, 0.1) is 11.1 Å². The van der Waals surface area contributed by atoms with Crippen LogP contribution in [0.5, 0.6) is 0 Å². The summed E-state index contributed by atoms with van der Waals surface area (Å²) in [6.45, 7) is -1.19. The summed E-state index contributed by atoms with van der Waals surface area (Å²) in [6, 6.07) is 16.1. The van der Waals surface area contributed by atoms with Gasteiger partial charge >= 0.3 is 11.9 Å². The van der Waals surface area contributed by atoms with E-state index in [4.69, 9.17) is 9.47 Å². The topological polar surface area (TPSA) is 134 Å². The molecule has 8 nitrogen and oxygen atoms in total. The first kappa shape index (κ1) is 21.5. The van der Waals surface area contributed by atoms with Crippen LogP contribution in [0.2, 0.25) is 0 Å². The summed E-state index contributed by atoms with van der Waals surface area (Å²) in [5.74, 6) is -1.42. The van der Waals surface area contributed by atoms with E-state index in [0.29, 0.717) is 0 Å². The number of hydrogen-bond acceptors (Lipinski definition) is 8. The summed E-state index contributed by atoms with van der Waals surface area (Å²) < 4.78 is 9.74. The van der Waals surface area contributed by atoms with Crippen LogP contribution in [0.15, 0.2) is 60.7 Å². The second kappa shape index (κ2) is 10.5. The van der Waals surface area contributed by atoms with Crippen LogP contribution in [-0.4, -0.2) is 70.0 Å². The van der Waals surface area contributed by atoms with Crippen molar-refractivity contribution in [2.75, 3.05) is 13.2 Å². The number of carbonyl (C=O) groups is 2. The van der Waals surface area contributed by atoms with E-state index >= 15 is 0 Å². The van der Waals surface area contributed by atoms with Gasteiger partial charge in [-0.3, -0.25) is 0 Å². The highest BCUT2D eigenvalue weighted by Gasteiger charge is 2.32. The van der Waals surface area contributed by atoms with Crippen LogP contribution in [0, 0.1) is 0 Å². The molecular formula is C20H22O8. The molecule has 2 aromatic carbocycles. The summed E-state index contributed by atoms with van der Waals surface area (Å²) in [6.07, 6.45) is -6.95. The van der Waals surface area contributed by atoms with Gasteiger partial charge in [0, 0.05) is 0 Å². The van der Waals surface area contributed by atoms with E-state index in [1.165, 1.54) is 24.3 Å². The summed E-state index contributed by atoms with van der Waals surface area (Å²) in [5, 5.41) is 39.6. The number of esters is 2. The summed E-state index contributed by atoms with van der Waals surface area (Å²) >= 11 is 0. The van der Waals surface area contributed by atoms with Crippen molar-refractivity contribution in [1.29, 1.82) is 0 Å². The summed E-state index contributed by atoms with van der Waals surface area (Å²) in [4.78, 5) is 23.6. The maximum atomic E-state index is 11.8. The van der Waals surface area contributed by atoms with Gasteiger partial charge < -0.3 is 29.9 Å². The third-order valence-electron chi connectivity index (χ3n) is 3.93. The smallest absolute Gasteiger partial charge is 0.338 e. The average Bonchev–Trinajstić information content (AvgIpc) is 2.75. The van der Waals surface area contributed by atoms with Crippen LogP contribution >= 0.6 is 0 Å². The van der Waals surface area contributed by atoms with E-state index in [1.807, 2.05) is 0 Å². The molecule has 0 radical (unpaired) electrons. The van der Waals surface area contributed by atoms with Crippen molar-refractivity contribution in [3.63, 3.8) is 0 Å². The molecule has 0 fully saturated rings. The quantitative estimate of drug-likeness (QED) is 0.445. The Morgan fingerprint density at radius 3 is 1.29 bits per heavy atom. The van der Waals surface area contributed by atoms with Crippen LogP contribution in [0.3, 0.4) is 0 Å². The molecule has 0 bridgehead atoms. The van der Waals surface area contributed by atoms with Crippen molar-refractivity contribution < 1.29 is 39.5 Å². The van der Waals surface area contributed by atoms with Crippen LogP contribution in [0.1, 0.15) is 20.7 Å². The molecule has 0 aliphatic rings. The molecule has 2 rings (SSSR count). The summed E-state index contributed by atoms with van der Waals surface area (Å²) in [5.41, 5.74) is 0.523. The fourth-order valence-electron chi connectivity index (χ4n) is 2.29. The molecule has 0 aromatic heterocycles. The minimum atomic E-state index is -1.82. The average molecular weight is 390 g/mol. The molecule has 2 aromatic rings. The number of ether oxygens (including phenoxy) is 2. The molecule has 0 unspecified atom stereocenters. The maximum absolute atomic E-state index is 11.8. The van der Waals surface area contributed by atoms with E-state index in [1.54, 1.807) is 36.4 Å². The molecule has 4 N–H and O–H groups in total. The Morgan fingerprint density at radius 2 is 0.964 bits per heavy atom. The highest BCUT2D eigenvalue weighted by atomic mass is 16.5. The monoisotopic (exact) mass is 390 g/mol. The Morgan fingerprint density at radius 1 is 0.643 bits per heavy atom. The number of hydrogen-bond donors (Lipinski definition) is 4. The van der Waals surface area contributed by atoms with Gasteiger partial charge in [-0.1, -0.05) is 36.4 Å². The SMILES string of the molecule is O=C(OC[C@@H](O)[C@@H](O)[C@H](O)[C@H](O)COC(=O)c1ccccc1)c1ccccc1. The zero-order valence-electron chi connectivity index (χ0n) is 14.9. The van der Waals surface area contributed by atoms with Crippen LogP contribution in [0.25, 0.3) is 0 Å². The molecule has 0 saturated heterocycles. The van der Waals surface area contributed by atoms with Gasteiger partial charge in [-0.2, -0.15) is 0 Å². The van der Waals surface area contributed by atoms with Crippen molar-refractivity contribution in [3.8, 4) is 0 Å². The van der Waals surface area contributed by atoms with E-state index in [0.717, 1.165) is 0 Å². The predicted octanol–water partition coefficient (Wildman–Crippen LogP) is 0.144.